The summed E-state index contributed by atoms with van der Waals surface area (Å²) in [5.74, 6) is -0.660. The Kier molecular flexibility index (Phi) is 7.48. The van der Waals surface area contributed by atoms with Gasteiger partial charge in [-0.2, -0.15) is 0 Å². The number of ether oxygens (including phenoxy) is 2. The second-order valence-corrected chi connectivity index (χ2v) is 10.1. The molecule has 1 unspecified atom stereocenters. The predicted octanol–water partition coefficient (Wildman–Crippen LogP) is 5.83. The van der Waals surface area contributed by atoms with Crippen molar-refractivity contribution >= 4 is 39.1 Å². The molecule has 9 heteroatoms. The van der Waals surface area contributed by atoms with Crippen molar-refractivity contribution in [2.24, 2.45) is 7.05 Å². The first-order valence-electron chi connectivity index (χ1n) is 12.6. The van der Waals surface area contributed by atoms with Gasteiger partial charge in [0.05, 0.1) is 12.8 Å². The molecule has 3 aromatic carbocycles. The number of para-hydroxylation sites is 1. The van der Waals surface area contributed by atoms with E-state index in [9.17, 15) is 14.4 Å². The molecule has 1 N–H and O–H groups in total. The summed E-state index contributed by atoms with van der Waals surface area (Å²) in [5, 5.41) is 5.99. The fourth-order valence-corrected chi connectivity index (χ4v) is 5.22. The Bertz CT molecular complexity index is 1790. The molecule has 8 nitrogen and oxygen atoms in total. The fourth-order valence-electron chi connectivity index (χ4n) is 4.50. The molecule has 1 atom stereocenters. The number of aryl methyl sites for hydroxylation is 1. The van der Waals surface area contributed by atoms with Crippen molar-refractivity contribution in [1.29, 1.82) is 0 Å². The second-order valence-electron chi connectivity index (χ2n) is 9.27. The summed E-state index contributed by atoms with van der Waals surface area (Å²) in [7, 11) is 3.11. The minimum Gasteiger partial charge on any atom is -0.496 e. The first-order valence-corrected chi connectivity index (χ1v) is 13.5. The number of nitrogens with zero attached hydrogens (tertiary/aromatic N) is 2. The zero-order valence-corrected chi connectivity index (χ0v) is 23.2. The van der Waals surface area contributed by atoms with Crippen molar-refractivity contribution in [3.05, 3.63) is 99.8 Å². The standard InChI is InChI=1S/C31H27N3O5S/c1-18-13-15-20(16-14-18)26-21-9-5-6-10-22(21)29(36)34(3)27(26)30(37)39-19(2)28(35)33-31-32-24(17-40-31)23-11-7-8-12-25(23)38-4/h5-17,19H,1-4H3,(H,32,33,35). The van der Waals surface area contributed by atoms with E-state index in [1.807, 2.05) is 66.9 Å². The third kappa shape index (κ3) is 5.11. The number of thiazole rings is 1. The number of carbonyl (C=O) groups excluding carboxylic acids is 2. The normalized spacial score (nSPS) is 11.7. The van der Waals surface area contributed by atoms with E-state index in [1.165, 1.54) is 29.9 Å². The van der Waals surface area contributed by atoms with Gasteiger partial charge in [0.15, 0.2) is 11.2 Å². The minimum atomic E-state index is -1.15. The van der Waals surface area contributed by atoms with Gasteiger partial charge in [0.1, 0.15) is 11.4 Å². The Hall–Kier alpha value is -4.76. The molecule has 2 heterocycles. The topological polar surface area (TPSA) is 99.5 Å². The van der Waals surface area contributed by atoms with Gasteiger partial charge in [0, 0.05) is 28.9 Å². The Labute approximate surface area is 234 Å². The molecule has 0 aliphatic rings. The average molecular weight is 554 g/mol. The van der Waals surface area contributed by atoms with Crippen LogP contribution in [0.3, 0.4) is 0 Å². The zero-order chi connectivity index (χ0) is 28.4. The van der Waals surface area contributed by atoms with Crippen LogP contribution < -0.4 is 15.6 Å². The van der Waals surface area contributed by atoms with Gasteiger partial charge in [0.25, 0.3) is 11.5 Å². The van der Waals surface area contributed by atoms with Crippen LogP contribution in [0.25, 0.3) is 33.2 Å². The Morgan fingerprint density at radius 2 is 1.65 bits per heavy atom. The van der Waals surface area contributed by atoms with E-state index in [0.717, 1.165) is 16.7 Å². The summed E-state index contributed by atoms with van der Waals surface area (Å²) in [6.45, 7) is 3.45. The number of amides is 1. The number of carbonyl (C=O) groups is 2. The maximum absolute atomic E-state index is 13.6. The predicted molar refractivity (Wildman–Crippen MR) is 157 cm³/mol. The van der Waals surface area contributed by atoms with E-state index < -0.39 is 18.0 Å². The number of pyridine rings is 1. The maximum Gasteiger partial charge on any atom is 0.356 e. The largest absolute Gasteiger partial charge is 0.496 e. The number of anilines is 1. The highest BCUT2D eigenvalue weighted by Gasteiger charge is 2.27. The fraction of sp³-hybridized carbons (Fsp3) is 0.161. The van der Waals surface area contributed by atoms with E-state index in [1.54, 1.807) is 25.3 Å². The van der Waals surface area contributed by atoms with Crippen molar-refractivity contribution in [2.75, 3.05) is 12.4 Å². The van der Waals surface area contributed by atoms with Gasteiger partial charge in [-0.15, -0.1) is 11.3 Å². The molecule has 2 aromatic heterocycles. The number of fused-ring (bicyclic) bond motifs is 1. The lowest BCUT2D eigenvalue weighted by atomic mass is 9.96. The second kappa shape index (κ2) is 11.2. The van der Waals surface area contributed by atoms with Gasteiger partial charge in [-0.05, 0) is 43.0 Å². The lowest BCUT2D eigenvalue weighted by Crippen LogP contribution is -2.32. The first kappa shape index (κ1) is 26.8. The van der Waals surface area contributed by atoms with Crippen LogP contribution in [-0.4, -0.2) is 34.6 Å². The molecular formula is C31H27N3O5S. The third-order valence-corrected chi connectivity index (χ3v) is 7.37. The summed E-state index contributed by atoms with van der Waals surface area (Å²) < 4.78 is 12.3. The van der Waals surface area contributed by atoms with E-state index in [4.69, 9.17) is 9.47 Å². The van der Waals surface area contributed by atoms with Crippen LogP contribution in [0.4, 0.5) is 5.13 Å². The molecule has 0 radical (unpaired) electrons. The average Bonchev–Trinajstić information content (AvgIpc) is 3.43. The SMILES string of the molecule is COc1ccccc1-c1csc(NC(=O)C(C)OC(=O)c2c(-c3ccc(C)cc3)c3ccccc3c(=O)n2C)n1. The first-order chi connectivity index (χ1) is 19.3. The van der Waals surface area contributed by atoms with Crippen LogP contribution in [0.1, 0.15) is 23.0 Å². The van der Waals surface area contributed by atoms with Crippen molar-refractivity contribution in [3.63, 3.8) is 0 Å². The van der Waals surface area contributed by atoms with E-state index in [-0.39, 0.29) is 11.3 Å². The Morgan fingerprint density at radius 1 is 0.975 bits per heavy atom. The highest BCUT2D eigenvalue weighted by molar-refractivity contribution is 7.14. The zero-order valence-electron chi connectivity index (χ0n) is 22.4. The van der Waals surface area contributed by atoms with Gasteiger partial charge in [-0.25, -0.2) is 9.78 Å². The lowest BCUT2D eigenvalue weighted by Gasteiger charge is -2.19. The van der Waals surface area contributed by atoms with Gasteiger partial charge in [-0.3, -0.25) is 14.9 Å². The molecule has 0 aliphatic carbocycles. The molecular weight excluding hydrogens is 526 g/mol. The summed E-state index contributed by atoms with van der Waals surface area (Å²) in [6.07, 6.45) is -1.15. The monoisotopic (exact) mass is 553 g/mol. The molecule has 0 saturated carbocycles. The van der Waals surface area contributed by atoms with Crippen molar-refractivity contribution in [2.45, 2.75) is 20.0 Å². The van der Waals surface area contributed by atoms with Crippen molar-refractivity contribution < 1.29 is 19.1 Å². The molecule has 0 bridgehead atoms. The van der Waals surface area contributed by atoms with E-state index >= 15 is 0 Å². The van der Waals surface area contributed by atoms with Crippen molar-refractivity contribution in [1.82, 2.24) is 9.55 Å². The number of aromatic nitrogens is 2. The minimum absolute atomic E-state index is 0.0694. The number of methoxy groups -OCH3 is 1. The molecule has 5 aromatic rings. The lowest BCUT2D eigenvalue weighted by molar-refractivity contribution is -0.123. The van der Waals surface area contributed by atoms with Crippen LogP contribution in [0.15, 0.2) is 83.0 Å². The number of hydrogen-bond acceptors (Lipinski definition) is 7. The highest BCUT2D eigenvalue weighted by atomic mass is 32.1. The molecule has 5 rings (SSSR count). The molecule has 0 aliphatic heterocycles. The quantitative estimate of drug-likeness (QED) is 0.255. The number of benzene rings is 3. The Morgan fingerprint density at radius 3 is 2.38 bits per heavy atom. The van der Waals surface area contributed by atoms with E-state index in [2.05, 4.69) is 10.3 Å². The summed E-state index contributed by atoms with van der Waals surface area (Å²) in [4.78, 5) is 44.2. The van der Waals surface area contributed by atoms with E-state index in [0.29, 0.717) is 32.9 Å². The van der Waals surface area contributed by atoms with Crippen LogP contribution in [-0.2, 0) is 16.6 Å². The number of rotatable bonds is 7. The van der Waals surface area contributed by atoms with Gasteiger partial charge < -0.3 is 14.0 Å². The van der Waals surface area contributed by atoms with Gasteiger partial charge in [0.2, 0.25) is 0 Å². The molecule has 1 amide bonds. The highest BCUT2D eigenvalue weighted by Crippen LogP contribution is 2.33. The Balaban J connectivity index is 1.42. The molecule has 202 valence electrons. The molecule has 40 heavy (non-hydrogen) atoms. The van der Waals surface area contributed by atoms with Crippen LogP contribution in [0.5, 0.6) is 5.75 Å². The van der Waals surface area contributed by atoms with Gasteiger partial charge >= 0.3 is 5.97 Å². The van der Waals surface area contributed by atoms with Crippen LogP contribution in [0.2, 0.25) is 0 Å². The maximum atomic E-state index is 13.6. The number of esters is 1. The van der Waals surface area contributed by atoms with Crippen LogP contribution in [0, 0.1) is 6.92 Å². The molecule has 0 fully saturated rings. The third-order valence-electron chi connectivity index (χ3n) is 6.61. The number of hydrogen-bond donors (Lipinski definition) is 1. The van der Waals surface area contributed by atoms with Crippen LogP contribution >= 0.6 is 11.3 Å². The van der Waals surface area contributed by atoms with Gasteiger partial charge in [-0.1, -0.05) is 60.2 Å². The molecule has 0 spiro atoms. The summed E-state index contributed by atoms with van der Waals surface area (Å²) in [6, 6.07) is 22.3. The summed E-state index contributed by atoms with van der Waals surface area (Å²) in [5.41, 5.74) is 3.56. The van der Waals surface area contributed by atoms with Crippen molar-refractivity contribution in [3.8, 4) is 28.1 Å². The smallest absolute Gasteiger partial charge is 0.356 e. The number of nitrogens with one attached hydrogen (secondary N) is 1. The summed E-state index contributed by atoms with van der Waals surface area (Å²) >= 11 is 1.25. The molecule has 0 saturated heterocycles.